The molecule has 2 aromatic heterocycles. The van der Waals surface area contributed by atoms with Crippen LogP contribution in [0.2, 0.25) is 5.02 Å². The zero-order valence-corrected chi connectivity index (χ0v) is 15.1. The second kappa shape index (κ2) is 7.56. The molecule has 0 aliphatic rings. The summed E-state index contributed by atoms with van der Waals surface area (Å²) < 4.78 is 0. The molecule has 4 nitrogen and oxygen atoms in total. The van der Waals surface area contributed by atoms with Crippen molar-refractivity contribution in [2.75, 3.05) is 0 Å². The minimum absolute atomic E-state index is 0.220. The monoisotopic (exact) mass is 373 g/mol. The molecule has 0 bridgehead atoms. The third-order valence-corrected chi connectivity index (χ3v) is 4.62. The normalized spacial score (nSPS) is 10.7. The van der Waals surface area contributed by atoms with E-state index >= 15 is 0 Å². The van der Waals surface area contributed by atoms with Gasteiger partial charge in [0.15, 0.2) is 0 Å². The molecular weight excluding hydrogens is 358 g/mol. The van der Waals surface area contributed by atoms with Crippen molar-refractivity contribution in [3.63, 3.8) is 0 Å². The number of carbonyl (C=O) groups is 1. The molecule has 5 heteroatoms. The van der Waals surface area contributed by atoms with Gasteiger partial charge in [-0.15, -0.1) is 0 Å². The molecular formula is C22H16ClN3O. The van der Waals surface area contributed by atoms with Crippen LogP contribution < -0.4 is 5.32 Å². The van der Waals surface area contributed by atoms with E-state index in [4.69, 9.17) is 11.6 Å². The van der Waals surface area contributed by atoms with Crippen LogP contribution in [0.3, 0.4) is 0 Å². The number of carbonyl (C=O) groups excluding carboxylic acids is 1. The standard InChI is InChI=1S/C22H16ClN3O/c23-19-9-5-4-8-17(19)18-14-24-13-16-10-11-20(26-21(16)18)22(27)25-12-15-6-2-1-3-7-15/h1-11,13-14H,12H2,(H,25,27). The topological polar surface area (TPSA) is 54.9 Å². The van der Waals surface area contributed by atoms with Crippen LogP contribution >= 0.6 is 11.6 Å². The van der Waals surface area contributed by atoms with E-state index in [1.54, 1.807) is 18.5 Å². The van der Waals surface area contributed by atoms with Gasteiger partial charge in [-0.25, -0.2) is 4.98 Å². The number of benzene rings is 2. The summed E-state index contributed by atoms with van der Waals surface area (Å²) in [6.45, 7) is 0.451. The predicted octanol–water partition coefficient (Wildman–Crippen LogP) is 4.88. The summed E-state index contributed by atoms with van der Waals surface area (Å²) in [7, 11) is 0. The van der Waals surface area contributed by atoms with E-state index in [1.165, 1.54) is 0 Å². The molecule has 1 N–H and O–H groups in total. The third-order valence-electron chi connectivity index (χ3n) is 4.29. The third kappa shape index (κ3) is 3.66. The summed E-state index contributed by atoms with van der Waals surface area (Å²) in [6, 6.07) is 20.9. The molecule has 0 saturated carbocycles. The molecule has 0 spiro atoms. The summed E-state index contributed by atoms with van der Waals surface area (Å²) in [5.74, 6) is -0.220. The Morgan fingerprint density at radius 1 is 0.889 bits per heavy atom. The van der Waals surface area contributed by atoms with Crippen LogP contribution in [0.25, 0.3) is 22.0 Å². The first-order valence-corrected chi connectivity index (χ1v) is 8.92. The number of aromatic nitrogens is 2. The number of nitrogens with one attached hydrogen (secondary N) is 1. The second-order valence-electron chi connectivity index (χ2n) is 6.10. The highest BCUT2D eigenvalue weighted by Crippen LogP contribution is 2.31. The lowest BCUT2D eigenvalue weighted by Crippen LogP contribution is -2.23. The molecule has 4 aromatic rings. The fraction of sp³-hybridized carbons (Fsp3) is 0.0455. The fourth-order valence-electron chi connectivity index (χ4n) is 2.92. The number of nitrogens with zero attached hydrogens (tertiary/aromatic N) is 2. The average Bonchev–Trinajstić information content (AvgIpc) is 2.72. The van der Waals surface area contributed by atoms with Gasteiger partial charge >= 0.3 is 0 Å². The van der Waals surface area contributed by atoms with Crippen molar-refractivity contribution in [1.29, 1.82) is 0 Å². The van der Waals surface area contributed by atoms with E-state index in [0.717, 1.165) is 22.1 Å². The maximum atomic E-state index is 12.6. The summed E-state index contributed by atoms with van der Waals surface area (Å²) >= 11 is 6.34. The lowest BCUT2D eigenvalue weighted by atomic mass is 10.0. The highest BCUT2D eigenvalue weighted by Gasteiger charge is 2.13. The molecule has 2 aromatic carbocycles. The molecule has 0 atom stereocenters. The quantitative estimate of drug-likeness (QED) is 0.554. The van der Waals surface area contributed by atoms with Gasteiger partial charge in [0.2, 0.25) is 0 Å². The van der Waals surface area contributed by atoms with Crippen molar-refractivity contribution in [2.24, 2.45) is 0 Å². The van der Waals surface area contributed by atoms with E-state index in [0.29, 0.717) is 22.8 Å². The van der Waals surface area contributed by atoms with E-state index < -0.39 is 0 Å². The lowest BCUT2D eigenvalue weighted by Gasteiger charge is -2.09. The molecule has 0 aliphatic carbocycles. The Kier molecular flexibility index (Phi) is 4.81. The molecule has 27 heavy (non-hydrogen) atoms. The summed E-state index contributed by atoms with van der Waals surface area (Å²) in [5.41, 5.74) is 3.73. The summed E-state index contributed by atoms with van der Waals surface area (Å²) in [4.78, 5) is 21.4. The Balaban J connectivity index is 1.68. The lowest BCUT2D eigenvalue weighted by molar-refractivity contribution is 0.0946. The average molecular weight is 374 g/mol. The Labute approximate surface area is 161 Å². The first-order valence-electron chi connectivity index (χ1n) is 8.54. The number of fused-ring (bicyclic) bond motifs is 1. The van der Waals surface area contributed by atoms with Crippen LogP contribution in [0, 0.1) is 0 Å². The zero-order chi connectivity index (χ0) is 18.6. The van der Waals surface area contributed by atoms with Crippen LogP contribution in [-0.2, 0) is 6.54 Å². The van der Waals surface area contributed by atoms with Gasteiger partial charge < -0.3 is 5.32 Å². The summed E-state index contributed by atoms with van der Waals surface area (Å²) in [5, 5.41) is 4.38. The molecule has 2 heterocycles. The van der Waals surface area contributed by atoms with Crippen molar-refractivity contribution in [3.05, 3.63) is 95.4 Å². The first kappa shape index (κ1) is 17.2. The number of pyridine rings is 2. The van der Waals surface area contributed by atoms with Crippen molar-refractivity contribution in [2.45, 2.75) is 6.54 Å². The van der Waals surface area contributed by atoms with Gasteiger partial charge in [-0.05, 0) is 23.8 Å². The SMILES string of the molecule is O=C(NCc1ccccc1)c1ccc2cncc(-c3ccccc3Cl)c2n1. The van der Waals surface area contributed by atoms with Crippen molar-refractivity contribution in [1.82, 2.24) is 15.3 Å². The highest BCUT2D eigenvalue weighted by molar-refractivity contribution is 6.33. The Hall–Kier alpha value is -3.24. The summed E-state index contributed by atoms with van der Waals surface area (Å²) in [6.07, 6.45) is 3.45. The first-order chi connectivity index (χ1) is 13.2. The minimum Gasteiger partial charge on any atom is -0.347 e. The molecule has 0 radical (unpaired) electrons. The van der Waals surface area contributed by atoms with Crippen molar-refractivity contribution >= 4 is 28.4 Å². The van der Waals surface area contributed by atoms with E-state index in [1.807, 2.05) is 60.7 Å². The predicted molar refractivity (Wildman–Crippen MR) is 108 cm³/mol. The zero-order valence-electron chi connectivity index (χ0n) is 14.4. The smallest absolute Gasteiger partial charge is 0.270 e. The molecule has 0 aliphatic heterocycles. The van der Waals surface area contributed by atoms with Crippen molar-refractivity contribution < 1.29 is 4.79 Å². The molecule has 0 fully saturated rings. The van der Waals surface area contributed by atoms with E-state index in [2.05, 4.69) is 15.3 Å². The number of amides is 1. The molecule has 0 unspecified atom stereocenters. The maximum Gasteiger partial charge on any atom is 0.270 e. The van der Waals surface area contributed by atoms with Crippen LogP contribution in [0.4, 0.5) is 0 Å². The molecule has 1 amide bonds. The van der Waals surface area contributed by atoms with Gasteiger partial charge in [-0.3, -0.25) is 9.78 Å². The largest absolute Gasteiger partial charge is 0.347 e. The van der Waals surface area contributed by atoms with Crippen molar-refractivity contribution in [3.8, 4) is 11.1 Å². The van der Waals surface area contributed by atoms with Gasteiger partial charge in [0.25, 0.3) is 5.91 Å². The Bertz CT molecular complexity index is 1110. The van der Waals surface area contributed by atoms with E-state index in [9.17, 15) is 4.79 Å². The number of hydrogen-bond donors (Lipinski definition) is 1. The van der Waals surface area contributed by atoms with Gasteiger partial charge in [-0.2, -0.15) is 0 Å². The molecule has 132 valence electrons. The number of hydrogen-bond acceptors (Lipinski definition) is 3. The van der Waals surface area contributed by atoms with Gasteiger partial charge in [0, 0.05) is 40.5 Å². The van der Waals surface area contributed by atoms with E-state index in [-0.39, 0.29) is 5.91 Å². The van der Waals surface area contributed by atoms with Crippen LogP contribution in [0.5, 0.6) is 0 Å². The van der Waals surface area contributed by atoms with Crippen LogP contribution in [0.1, 0.15) is 16.1 Å². The van der Waals surface area contributed by atoms with Gasteiger partial charge in [-0.1, -0.05) is 60.1 Å². The second-order valence-corrected chi connectivity index (χ2v) is 6.51. The number of rotatable bonds is 4. The maximum absolute atomic E-state index is 12.6. The highest BCUT2D eigenvalue weighted by atomic mass is 35.5. The minimum atomic E-state index is -0.220. The molecule has 4 rings (SSSR count). The Morgan fingerprint density at radius 3 is 2.48 bits per heavy atom. The molecule has 0 saturated heterocycles. The van der Waals surface area contributed by atoms with Crippen LogP contribution in [-0.4, -0.2) is 15.9 Å². The van der Waals surface area contributed by atoms with Gasteiger partial charge in [0.05, 0.1) is 5.52 Å². The number of halogens is 1. The Morgan fingerprint density at radius 2 is 1.67 bits per heavy atom. The van der Waals surface area contributed by atoms with Gasteiger partial charge in [0.1, 0.15) is 5.69 Å². The van der Waals surface area contributed by atoms with Crippen LogP contribution in [0.15, 0.2) is 79.1 Å². The fourth-order valence-corrected chi connectivity index (χ4v) is 3.15.